The first-order valence-corrected chi connectivity index (χ1v) is 7.39. The van der Waals surface area contributed by atoms with Crippen molar-refractivity contribution in [1.82, 2.24) is 20.4 Å². The van der Waals surface area contributed by atoms with Gasteiger partial charge in [-0.05, 0) is 36.6 Å². The number of nitrogens with zero attached hydrogens (tertiary/aromatic N) is 2. The van der Waals surface area contributed by atoms with Crippen molar-refractivity contribution in [3.05, 3.63) is 48.3 Å². The second-order valence-corrected chi connectivity index (χ2v) is 4.90. The lowest BCUT2D eigenvalue weighted by atomic mass is 10.1. The van der Waals surface area contributed by atoms with E-state index in [1.165, 1.54) is 5.56 Å². The zero-order valence-corrected chi connectivity index (χ0v) is 12.8. The Labute approximate surface area is 130 Å². The zero-order valence-electron chi connectivity index (χ0n) is 12.8. The minimum Gasteiger partial charge on any atom is -0.385 e. The monoisotopic (exact) mass is 302 g/mol. The van der Waals surface area contributed by atoms with Crippen LogP contribution in [0.4, 0.5) is 4.79 Å². The fourth-order valence-corrected chi connectivity index (χ4v) is 2.04. The molecule has 22 heavy (non-hydrogen) atoms. The molecule has 0 bridgehead atoms. The van der Waals surface area contributed by atoms with Gasteiger partial charge in [0.15, 0.2) is 0 Å². The topological polar surface area (TPSA) is 68.2 Å². The Balaban J connectivity index is 1.68. The summed E-state index contributed by atoms with van der Waals surface area (Å²) in [6.45, 7) is 1.89. The number of methoxy groups -OCH3 is 1. The van der Waals surface area contributed by atoms with Gasteiger partial charge in [0.25, 0.3) is 0 Å². The van der Waals surface area contributed by atoms with E-state index < -0.39 is 0 Å². The van der Waals surface area contributed by atoms with E-state index in [2.05, 4.69) is 27.9 Å². The summed E-state index contributed by atoms with van der Waals surface area (Å²) in [5.74, 6) is 0. The first-order valence-electron chi connectivity index (χ1n) is 7.39. The van der Waals surface area contributed by atoms with Gasteiger partial charge in [0.2, 0.25) is 0 Å². The molecule has 1 heterocycles. The van der Waals surface area contributed by atoms with Crippen LogP contribution in [0.5, 0.6) is 0 Å². The molecular formula is C16H22N4O2. The molecule has 2 amide bonds. The van der Waals surface area contributed by atoms with Crippen molar-refractivity contribution < 1.29 is 9.53 Å². The molecule has 118 valence electrons. The number of rotatable bonds is 8. The molecule has 6 heteroatoms. The van der Waals surface area contributed by atoms with Crippen molar-refractivity contribution in [1.29, 1.82) is 0 Å². The van der Waals surface area contributed by atoms with Crippen LogP contribution in [-0.2, 0) is 11.2 Å². The lowest BCUT2D eigenvalue weighted by molar-refractivity contribution is 0.193. The van der Waals surface area contributed by atoms with Gasteiger partial charge in [0, 0.05) is 39.2 Å². The molecule has 0 aliphatic rings. The van der Waals surface area contributed by atoms with Crippen LogP contribution >= 0.6 is 0 Å². The molecule has 0 saturated heterocycles. The van der Waals surface area contributed by atoms with Crippen LogP contribution in [-0.4, -0.2) is 42.6 Å². The predicted octanol–water partition coefficient (Wildman–Crippen LogP) is 1.75. The Morgan fingerprint density at radius 2 is 2.00 bits per heavy atom. The lowest BCUT2D eigenvalue weighted by Gasteiger charge is -2.08. The molecule has 1 aromatic carbocycles. The van der Waals surface area contributed by atoms with Crippen LogP contribution in [0.15, 0.2) is 42.7 Å². The van der Waals surface area contributed by atoms with Crippen molar-refractivity contribution >= 4 is 6.03 Å². The van der Waals surface area contributed by atoms with Crippen LogP contribution in [0.25, 0.3) is 5.69 Å². The average Bonchev–Trinajstić information content (AvgIpc) is 3.07. The quantitative estimate of drug-likeness (QED) is 0.730. The Hall–Kier alpha value is -2.34. The summed E-state index contributed by atoms with van der Waals surface area (Å²) >= 11 is 0. The lowest BCUT2D eigenvalue weighted by Crippen LogP contribution is -2.37. The summed E-state index contributed by atoms with van der Waals surface area (Å²) in [5, 5.41) is 9.82. The highest BCUT2D eigenvalue weighted by atomic mass is 16.5. The number of aromatic nitrogens is 2. The predicted molar refractivity (Wildman–Crippen MR) is 85.2 cm³/mol. The van der Waals surface area contributed by atoms with Gasteiger partial charge in [-0.15, -0.1) is 0 Å². The Kier molecular flexibility index (Phi) is 6.44. The van der Waals surface area contributed by atoms with E-state index in [4.69, 9.17) is 4.74 Å². The van der Waals surface area contributed by atoms with Crippen LogP contribution < -0.4 is 10.6 Å². The molecule has 2 rings (SSSR count). The SMILES string of the molecule is COCCCNC(=O)NCCc1ccc(-n2cccn2)cc1. The molecule has 0 radical (unpaired) electrons. The van der Waals surface area contributed by atoms with Crippen molar-refractivity contribution in [2.45, 2.75) is 12.8 Å². The summed E-state index contributed by atoms with van der Waals surface area (Å²) in [4.78, 5) is 11.5. The molecule has 0 unspecified atom stereocenters. The first-order chi connectivity index (χ1) is 10.8. The largest absolute Gasteiger partial charge is 0.385 e. The number of carbonyl (C=O) groups excluding carboxylic acids is 1. The van der Waals surface area contributed by atoms with Crippen molar-refractivity contribution in [3.63, 3.8) is 0 Å². The van der Waals surface area contributed by atoms with E-state index in [9.17, 15) is 4.79 Å². The van der Waals surface area contributed by atoms with Crippen LogP contribution in [0.2, 0.25) is 0 Å². The third kappa shape index (κ3) is 5.21. The highest BCUT2D eigenvalue weighted by Crippen LogP contribution is 2.08. The Bertz CT molecular complexity index is 552. The smallest absolute Gasteiger partial charge is 0.314 e. The second kappa shape index (κ2) is 8.84. The van der Waals surface area contributed by atoms with Gasteiger partial charge in [-0.3, -0.25) is 0 Å². The maximum atomic E-state index is 11.5. The first kappa shape index (κ1) is 16.0. The molecule has 1 aromatic heterocycles. The molecule has 0 atom stereocenters. The minimum atomic E-state index is -0.135. The zero-order chi connectivity index (χ0) is 15.6. The van der Waals surface area contributed by atoms with Gasteiger partial charge < -0.3 is 15.4 Å². The molecular weight excluding hydrogens is 280 g/mol. The van der Waals surface area contributed by atoms with Crippen LogP contribution in [0, 0.1) is 0 Å². The minimum absolute atomic E-state index is 0.135. The fourth-order valence-electron chi connectivity index (χ4n) is 2.04. The standard InChI is InChI=1S/C16H22N4O2/c1-22-13-3-9-17-16(21)18-11-8-14-4-6-15(7-5-14)20-12-2-10-19-20/h2,4-7,10,12H,3,8-9,11,13H2,1H3,(H2,17,18,21). The number of amides is 2. The average molecular weight is 302 g/mol. The van der Waals surface area contributed by atoms with E-state index >= 15 is 0 Å². The van der Waals surface area contributed by atoms with E-state index in [1.54, 1.807) is 13.3 Å². The molecule has 0 fully saturated rings. The summed E-state index contributed by atoms with van der Waals surface area (Å²) in [5.41, 5.74) is 2.20. The van der Waals surface area contributed by atoms with Gasteiger partial charge in [-0.25, -0.2) is 9.48 Å². The number of benzene rings is 1. The molecule has 2 aromatic rings. The maximum Gasteiger partial charge on any atom is 0.314 e. The second-order valence-electron chi connectivity index (χ2n) is 4.90. The molecule has 0 aliphatic heterocycles. The third-order valence-corrected chi connectivity index (χ3v) is 3.22. The number of carbonyl (C=O) groups is 1. The number of urea groups is 1. The van der Waals surface area contributed by atoms with Crippen LogP contribution in [0.1, 0.15) is 12.0 Å². The summed E-state index contributed by atoms with van der Waals surface area (Å²) < 4.78 is 6.74. The van der Waals surface area contributed by atoms with Crippen molar-refractivity contribution in [3.8, 4) is 5.69 Å². The molecule has 0 aliphatic carbocycles. The summed E-state index contributed by atoms with van der Waals surface area (Å²) in [7, 11) is 1.65. The van der Waals surface area contributed by atoms with E-state index in [-0.39, 0.29) is 6.03 Å². The van der Waals surface area contributed by atoms with Gasteiger partial charge in [-0.1, -0.05) is 12.1 Å². The summed E-state index contributed by atoms with van der Waals surface area (Å²) in [6.07, 6.45) is 5.28. The molecule has 2 N–H and O–H groups in total. The normalized spacial score (nSPS) is 10.4. The summed E-state index contributed by atoms with van der Waals surface area (Å²) in [6, 6.07) is 9.90. The van der Waals surface area contributed by atoms with Gasteiger partial charge in [0.05, 0.1) is 5.69 Å². The van der Waals surface area contributed by atoms with E-state index in [0.29, 0.717) is 19.7 Å². The number of hydrogen-bond acceptors (Lipinski definition) is 3. The van der Waals surface area contributed by atoms with Crippen molar-refractivity contribution in [2.24, 2.45) is 0 Å². The Morgan fingerprint density at radius 3 is 2.68 bits per heavy atom. The van der Waals surface area contributed by atoms with E-state index in [1.807, 2.05) is 29.1 Å². The molecule has 6 nitrogen and oxygen atoms in total. The van der Waals surface area contributed by atoms with Crippen molar-refractivity contribution in [2.75, 3.05) is 26.8 Å². The van der Waals surface area contributed by atoms with E-state index in [0.717, 1.165) is 18.5 Å². The molecule has 0 saturated carbocycles. The highest BCUT2D eigenvalue weighted by molar-refractivity contribution is 5.73. The number of nitrogens with one attached hydrogen (secondary N) is 2. The fraction of sp³-hybridized carbons (Fsp3) is 0.375. The maximum absolute atomic E-state index is 11.5. The Morgan fingerprint density at radius 1 is 1.23 bits per heavy atom. The highest BCUT2D eigenvalue weighted by Gasteiger charge is 2.00. The van der Waals surface area contributed by atoms with Crippen LogP contribution in [0.3, 0.4) is 0 Å². The van der Waals surface area contributed by atoms with Gasteiger partial charge >= 0.3 is 6.03 Å². The van der Waals surface area contributed by atoms with Gasteiger partial charge in [-0.2, -0.15) is 5.10 Å². The molecule has 0 spiro atoms. The number of hydrogen-bond donors (Lipinski definition) is 2. The van der Waals surface area contributed by atoms with Gasteiger partial charge in [0.1, 0.15) is 0 Å². The third-order valence-electron chi connectivity index (χ3n) is 3.22. The number of ether oxygens (including phenoxy) is 1.